The third kappa shape index (κ3) is 3.92. The average molecular weight is 268 g/mol. The van der Waals surface area contributed by atoms with E-state index in [1.165, 1.54) is 5.56 Å². The zero-order valence-electron chi connectivity index (χ0n) is 11.9. The number of hydrogen-bond donors (Lipinski definition) is 1. The Morgan fingerprint density at radius 1 is 1.10 bits per heavy atom. The van der Waals surface area contributed by atoms with Crippen LogP contribution in [0.5, 0.6) is 0 Å². The predicted octanol–water partition coefficient (Wildman–Crippen LogP) is 3.45. The van der Waals surface area contributed by atoms with E-state index in [1.807, 2.05) is 43.3 Å². The molecule has 0 aliphatic carbocycles. The highest BCUT2D eigenvalue weighted by molar-refractivity contribution is 5.77. The van der Waals surface area contributed by atoms with Gasteiger partial charge in [0, 0.05) is 12.6 Å². The maximum atomic E-state index is 12.1. The Morgan fingerprint density at radius 2 is 1.80 bits per heavy atom. The van der Waals surface area contributed by atoms with Crippen LogP contribution in [0, 0.1) is 0 Å². The molecule has 2 rings (SSSR count). The lowest BCUT2D eigenvalue weighted by molar-refractivity contribution is -0.122. The van der Waals surface area contributed by atoms with Gasteiger partial charge in [-0.15, -0.1) is 0 Å². The van der Waals surface area contributed by atoms with Crippen molar-refractivity contribution >= 4 is 5.91 Å². The monoisotopic (exact) mass is 268 g/mol. The van der Waals surface area contributed by atoms with E-state index in [4.69, 9.17) is 0 Å². The molecule has 1 N–H and O–H groups in total. The first-order chi connectivity index (χ1) is 9.66. The van der Waals surface area contributed by atoms with Crippen molar-refractivity contribution in [2.75, 3.05) is 0 Å². The van der Waals surface area contributed by atoms with Gasteiger partial charge < -0.3 is 5.32 Å². The Bertz CT molecular complexity index is 490. The van der Waals surface area contributed by atoms with Crippen molar-refractivity contribution in [1.29, 1.82) is 0 Å². The molecule has 2 unspecified atom stereocenters. The molecule has 3 heteroatoms. The van der Waals surface area contributed by atoms with Crippen molar-refractivity contribution in [1.82, 2.24) is 10.3 Å². The molecule has 104 valence electrons. The number of hydrogen-bond acceptors (Lipinski definition) is 2. The Hall–Kier alpha value is -2.16. The Morgan fingerprint density at radius 3 is 2.45 bits per heavy atom. The van der Waals surface area contributed by atoms with Gasteiger partial charge in [-0.1, -0.05) is 43.3 Å². The van der Waals surface area contributed by atoms with Crippen LogP contribution in [-0.4, -0.2) is 10.9 Å². The fourth-order valence-electron chi connectivity index (χ4n) is 2.18. The number of nitrogens with one attached hydrogen (secondary N) is 1. The summed E-state index contributed by atoms with van der Waals surface area (Å²) in [6.45, 7) is 4.02. The summed E-state index contributed by atoms with van der Waals surface area (Å²) in [5, 5.41) is 3.00. The summed E-state index contributed by atoms with van der Waals surface area (Å²) in [5.74, 6) is 0.270. The minimum atomic E-state index is -0.0633. The molecule has 2 aromatic rings. The quantitative estimate of drug-likeness (QED) is 0.902. The van der Waals surface area contributed by atoms with Gasteiger partial charge in [0.25, 0.3) is 0 Å². The number of pyridine rings is 1. The number of aromatic nitrogens is 1. The summed E-state index contributed by atoms with van der Waals surface area (Å²) < 4.78 is 0. The van der Waals surface area contributed by atoms with Crippen LogP contribution in [0.15, 0.2) is 54.7 Å². The van der Waals surface area contributed by atoms with Crippen LogP contribution in [0.4, 0.5) is 0 Å². The van der Waals surface area contributed by atoms with Gasteiger partial charge in [0.05, 0.1) is 11.7 Å². The molecule has 1 aromatic carbocycles. The fourth-order valence-corrected chi connectivity index (χ4v) is 2.18. The lowest BCUT2D eigenvalue weighted by atomic mass is 9.97. The van der Waals surface area contributed by atoms with Gasteiger partial charge in [-0.25, -0.2) is 0 Å². The van der Waals surface area contributed by atoms with Gasteiger partial charge in [-0.3, -0.25) is 9.78 Å². The molecule has 0 fully saturated rings. The minimum absolute atomic E-state index is 0.0551. The molecule has 0 spiro atoms. The molecule has 0 saturated heterocycles. The number of carbonyl (C=O) groups excluding carboxylic acids is 1. The summed E-state index contributed by atoms with van der Waals surface area (Å²) >= 11 is 0. The van der Waals surface area contributed by atoms with Gasteiger partial charge in [-0.2, -0.15) is 0 Å². The first kappa shape index (κ1) is 14.3. The van der Waals surface area contributed by atoms with Gasteiger partial charge >= 0.3 is 0 Å². The standard InChI is InChI=1S/C17H20N2O/c1-13(15-8-4-3-5-9-15)12-17(20)19-14(2)16-10-6-7-11-18-16/h3-11,13-14H,12H2,1-2H3,(H,19,20). The maximum Gasteiger partial charge on any atom is 0.221 e. The molecule has 0 aliphatic rings. The predicted molar refractivity (Wildman–Crippen MR) is 80.3 cm³/mol. The SMILES string of the molecule is CC(CC(=O)NC(C)c1ccccn1)c1ccccc1. The second-order valence-electron chi connectivity index (χ2n) is 5.06. The van der Waals surface area contributed by atoms with Crippen molar-refractivity contribution in [3.8, 4) is 0 Å². The van der Waals surface area contributed by atoms with Crippen molar-refractivity contribution in [2.45, 2.75) is 32.2 Å². The second-order valence-corrected chi connectivity index (χ2v) is 5.06. The topological polar surface area (TPSA) is 42.0 Å². The molecule has 1 aromatic heterocycles. The number of nitrogens with zero attached hydrogens (tertiary/aromatic N) is 1. The van der Waals surface area contributed by atoms with E-state index in [9.17, 15) is 4.79 Å². The van der Waals surface area contributed by atoms with Crippen molar-refractivity contribution < 1.29 is 4.79 Å². The van der Waals surface area contributed by atoms with Crippen LogP contribution in [0.25, 0.3) is 0 Å². The molecule has 3 nitrogen and oxygen atoms in total. The first-order valence-electron chi connectivity index (χ1n) is 6.92. The highest BCUT2D eigenvalue weighted by Gasteiger charge is 2.14. The van der Waals surface area contributed by atoms with Crippen LogP contribution in [-0.2, 0) is 4.79 Å². The molecule has 2 atom stereocenters. The second kappa shape index (κ2) is 6.85. The van der Waals surface area contributed by atoms with Gasteiger partial charge in [-0.05, 0) is 30.5 Å². The first-order valence-corrected chi connectivity index (χ1v) is 6.92. The Balaban J connectivity index is 1.90. The van der Waals surface area contributed by atoms with E-state index in [0.29, 0.717) is 6.42 Å². The lowest BCUT2D eigenvalue weighted by Gasteiger charge is -2.16. The lowest BCUT2D eigenvalue weighted by Crippen LogP contribution is -2.28. The molecule has 0 aliphatic heterocycles. The van der Waals surface area contributed by atoms with Crippen molar-refractivity contribution in [3.05, 3.63) is 66.0 Å². The molecule has 0 bridgehead atoms. The van der Waals surface area contributed by atoms with Gasteiger partial charge in [0.15, 0.2) is 0 Å². The molecule has 1 amide bonds. The summed E-state index contributed by atoms with van der Waals surface area (Å²) in [6.07, 6.45) is 2.23. The van der Waals surface area contributed by atoms with Gasteiger partial charge in [0.2, 0.25) is 5.91 Å². The Labute approximate surface area is 120 Å². The largest absolute Gasteiger partial charge is 0.348 e. The van der Waals surface area contributed by atoms with E-state index >= 15 is 0 Å². The number of carbonyl (C=O) groups is 1. The van der Waals surface area contributed by atoms with Crippen LogP contribution >= 0.6 is 0 Å². The summed E-state index contributed by atoms with van der Waals surface area (Å²) in [6, 6.07) is 15.8. The number of benzene rings is 1. The third-order valence-corrected chi connectivity index (χ3v) is 3.37. The highest BCUT2D eigenvalue weighted by Crippen LogP contribution is 2.19. The van der Waals surface area contributed by atoms with E-state index in [0.717, 1.165) is 5.69 Å². The maximum absolute atomic E-state index is 12.1. The zero-order chi connectivity index (χ0) is 14.4. The molecule has 0 radical (unpaired) electrons. The third-order valence-electron chi connectivity index (χ3n) is 3.37. The van der Waals surface area contributed by atoms with Crippen molar-refractivity contribution in [2.24, 2.45) is 0 Å². The molecule has 20 heavy (non-hydrogen) atoms. The van der Waals surface area contributed by atoms with Crippen molar-refractivity contribution in [3.63, 3.8) is 0 Å². The number of rotatable bonds is 5. The summed E-state index contributed by atoms with van der Waals surface area (Å²) in [4.78, 5) is 16.3. The normalized spacial score (nSPS) is 13.5. The van der Waals surface area contributed by atoms with Crippen LogP contribution in [0.3, 0.4) is 0 Å². The van der Waals surface area contributed by atoms with E-state index in [2.05, 4.69) is 29.4 Å². The van der Waals surface area contributed by atoms with E-state index in [-0.39, 0.29) is 17.9 Å². The van der Waals surface area contributed by atoms with E-state index in [1.54, 1.807) is 6.20 Å². The van der Waals surface area contributed by atoms with Crippen LogP contribution in [0.1, 0.15) is 43.5 Å². The summed E-state index contributed by atoms with van der Waals surface area (Å²) in [7, 11) is 0. The zero-order valence-corrected chi connectivity index (χ0v) is 11.9. The summed E-state index contributed by atoms with van der Waals surface area (Å²) in [5.41, 5.74) is 2.07. The van der Waals surface area contributed by atoms with Crippen LogP contribution < -0.4 is 5.32 Å². The smallest absolute Gasteiger partial charge is 0.221 e. The van der Waals surface area contributed by atoms with E-state index < -0.39 is 0 Å². The molecular formula is C17H20N2O. The molecule has 1 heterocycles. The average Bonchev–Trinajstić information content (AvgIpc) is 2.49. The van der Waals surface area contributed by atoms with Crippen LogP contribution in [0.2, 0.25) is 0 Å². The minimum Gasteiger partial charge on any atom is -0.348 e. The highest BCUT2D eigenvalue weighted by atomic mass is 16.1. The number of amides is 1. The molecular weight excluding hydrogens is 248 g/mol. The fraction of sp³-hybridized carbons (Fsp3) is 0.294. The molecule has 0 saturated carbocycles. The Kier molecular flexibility index (Phi) is 4.88. The van der Waals surface area contributed by atoms with Gasteiger partial charge in [0.1, 0.15) is 0 Å².